The van der Waals surface area contributed by atoms with Crippen molar-refractivity contribution in [2.75, 3.05) is 4.90 Å². The van der Waals surface area contributed by atoms with E-state index in [0.29, 0.717) is 0 Å². The first-order chi connectivity index (χ1) is 28.5. The van der Waals surface area contributed by atoms with E-state index in [0.717, 1.165) is 44.6 Å². The summed E-state index contributed by atoms with van der Waals surface area (Å²) in [7, 11) is 0. The Bertz CT molecular complexity index is 3420. The van der Waals surface area contributed by atoms with E-state index in [1.165, 1.54) is 69.9 Å². The third-order valence-electron chi connectivity index (χ3n) is 12.5. The average molecular weight is 760 g/mol. The summed E-state index contributed by atoms with van der Waals surface area (Å²) in [6, 6.07) is 68.7. The van der Waals surface area contributed by atoms with Gasteiger partial charge in [-0.05, 0) is 104 Å². The molecule has 0 N–H and O–H groups in total. The SMILES string of the molecule is CC1(C)c2ccccc2-c2ccc(N(c3ccc(-c4ccccc4)cc3)c3cccc4oc5c(-c6cccc7sc8ccccc8c67)cc6ccccc6c5c34)cc21. The van der Waals surface area contributed by atoms with Crippen LogP contribution in [0.1, 0.15) is 25.0 Å². The Labute approximate surface area is 340 Å². The number of hydrogen-bond acceptors (Lipinski definition) is 3. The standard InChI is InChI=1S/C55H37NOS/c1-55(2)45-21-10-8-18-40(45)41-31-30-38(33-46(41)55)56(37-28-26-35(27-29-37)34-14-4-3-5-15-34)47-22-13-23-48-53(47)52-39-17-7-6-16-36(39)32-44(54(52)57-48)42-20-12-25-50-51(42)43-19-9-11-24-49(43)58-50/h3-33H,1-2H3. The highest BCUT2D eigenvalue weighted by Gasteiger charge is 2.36. The molecule has 0 saturated heterocycles. The molecule has 1 aliphatic rings. The minimum atomic E-state index is -0.142. The van der Waals surface area contributed by atoms with Crippen molar-refractivity contribution < 1.29 is 4.42 Å². The van der Waals surface area contributed by atoms with Crippen LogP contribution in [0.25, 0.3) is 86.3 Å². The molecule has 2 aromatic heterocycles. The molecule has 0 saturated carbocycles. The number of furan rings is 1. The van der Waals surface area contributed by atoms with Gasteiger partial charge < -0.3 is 9.32 Å². The first-order valence-corrected chi connectivity index (χ1v) is 20.8. The van der Waals surface area contributed by atoms with Crippen molar-refractivity contribution in [3.05, 3.63) is 199 Å². The van der Waals surface area contributed by atoms with E-state index < -0.39 is 0 Å². The van der Waals surface area contributed by atoms with Crippen LogP contribution < -0.4 is 4.90 Å². The monoisotopic (exact) mass is 759 g/mol. The summed E-state index contributed by atoms with van der Waals surface area (Å²) in [6.07, 6.45) is 0. The normalized spacial score (nSPS) is 13.1. The molecule has 0 fully saturated rings. The predicted molar refractivity (Wildman–Crippen MR) is 247 cm³/mol. The number of nitrogens with zero attached hydrogens (tertiary/aromatic N) is 1. The third kappa shape index (κ3) is 4.84. The highest BCUT2D eigenvalue weighted by Crippen LogP contribution is 2.53. The Morgan fingerprint density at radius 1 is 0.448 bits per heavy atom. The Hall–Kier alpha value is -6.94. The lowest BCUT2D eigenvalue weighted by Gasteiger charge is -2.29. The summed E-state index contributed by atoms with van der Waals surface area (Å²) in [4.78, 5) is 2.44. The maximum absolute atomic E-state index is 7.15. The van der Waals surface area contributed by atoms with Crippen molar-refractivity contribution in [3.63, 3.8) is 0 Å². The van der Waals surface area contributed by atoms with Gasteiger partial charge in [0.1, 0.15) is 11.2 Å². The molecule has 0 unspecified atom stereocenters. The van der Waals surface area contributed by atoms with Gasteiger partial charge in [-0.1, -0.05) is 147 Å². The van der Waals surface area contributed by atoms with Gasteiger partial charge in [0.2, 0.25) is 0 Å². The van der Waals surface area contributed by atoms with Gasteiger partial charge in [0.05, 0.1) is 11.1 Å². The molecule has 0 atom stereocenters. The van der Waals surface area contributed by atoms with Gasteiger partial charge in [0.25, 0.3) is 0 Å². The topological polar surface area (TPSA) is 16.4 Å². The van der Waals surface area contributed by atoms with Gasteiger partial charge >= 0.3 is 0 Å². The molecule has 0 spiro atoms. The fourth-order valence-electron chi connectivity index (χ4n) is 9.73. The van der Waals surface area contributed by atoms with E-state index in [4.69, 9.17) is 4.42 Å². The van der Waals surface area contributed by atoms with Crippen molar-refractivity contribution in [3.8, 4) is 33.4 Å². The molecule has 2 nitrogen and oxygen atoms in total. The highest BCUT2D eigenvalue weighted by atomic mass is 32.1. The zero-order valence-electron chi connectivity index (χ0n) is 32.2. The quantitative estimate of drug-likeness (QED) is 0.174. The van der Waals surface area contributed by atoms with E-state index >= 15 is 0 Å². The van der Waals surface area contributed by atoms with Gasteiger partial charge in [-0.15, -0.1) is 11.3 Å². The molecule has 58 heavy (non-hydrogen) atoms. The summed E-state index contributed by atoms with van der Waals surface area (Å²) < 4.78 is 9.73. The molecule has 274 valence electrons. The van der Waals surface area contributed by atoms with Crippen LogP contribution in [0.3, 0.4) is 0 Å². The van der Waals surface area contributed by atoms with Crippen LogP contribution in [0.5, 0.6) is 0 Å². The number of anilines is 3. The first-order valence-electron chi connectivity index (χ1n) is 20.0. The minimum absolute atomic E-state index is 0.142. The van der Waals surface area contributed by atoms with Crippen LogP contribution in [0.15, 0.2) is 192 Å². The molecule has 3 heteroatoms. The minimum Gasteiger partial charge on any atom is -0.455 e. The average Bonchev–Trinajstić information content (AvgIpc) is 3.93. The smallest absolute Gasteiger partial charge is 0.143 e. The Morgan fingerprint density at radius 3 is 2.00 bits per heavy atom. The molecule has 0 bridgehead atoms. The van der Waals surface area contributed by atoms with Crippen LogP contribution >= 0.6 is 11.3 Å². The molecule has 2 heterocycles. The molecular weight excluding hydrogens is 723 g/mol. The lowest BCUT2D eigenvalue weighted by Crippen LogP contribution is -2.16. The summed E-state index contributed by atoms with van der Waals surface area (Å²) >= 11 is 1.85. The second kappa shape index (κ2) is 12.5. The zero-order valence-corrected chi connectivity index (χ0v) is 33.0. The van der Waals surface area contributed by atoms with Crippen LogP contribution in [-0.4, -0.2) is 0 Å². The van der Waals surface area contributed by atoms with Gasteiger partial charge in [0.15, 0.2) is 0 Å². The third-order valence-corrected chi connectivity index (χ3v) is 13.6. The Kier molecular flexibility index (Phi) is 7.18. The van der Waals surface area contributed by atoms with E-state index in [1.807, 2.05) is 11.3 Å². The van der Waals surface area contributed by atoms with Gasteiger partial charge in [-0.25, -0.2) is 0 Å². The van der Waals surface area contributed by atoms with Gasteiger partial charge in [-0.2, -0.15) is 0 Å². The first kappa shape index (κ1) is 33.2. The molecule has 0 aliphatic heterocycles. The summed E-state index contributed by atoms with van der Waals surface area (Å²) in [5.41, 5.74) is 15.0. The molecule has 11 aromatic rings. The number of hydrogen-bond donors (Lipinski definition) is 0. The molecule has 0 amide bonds. The summed E-state index contributed by atoms with van der Waals surface area (Å²) in [5, 5.41) is 7.17. The summed E-state index contributed by atoms with van der Waals surface area (Å²) in [6.45, 7) is 4.71. The summed E-state index contributed by atoms with van der Waals surface area (Å²) in [5.74, 6) is 0. The van der Waals surface area contributed by atoms with Crippen molar-refractivity contribution in [2.45, 2.75) is 19.3 Å². The van der Waals surface area contributed by atoms with Crippen LogP contribution in [0.2, 0.25) is 0 Å². The van der Waals surface area contributed by atoms with Gasteiger partial charge in [-0.3, -0.25) is 0 Å². The molecular formula is C55H37NOS. The number of benzene rings is 9. The fraction of sp³-hybridized carbons (Fsp3) is 0.0545. The Morgan fingerprint density at radius 2 is 1.12 bits per heavy atom. The largest absolute Gasteiger partial charge is 0.455 e. The number of thiophene rings is 1. The molecule has 0 radical (unpaired) electrons. The second-order valence-corrected chi connectivity index (χ2v) is 17.1. The lowest BCUT2D eigenvalue weighted by molar-refractivity contribution is 0.660. The highest BCUT2D eigenvalue weighted by molar-refractivity contribution is 7.25. The maximum Gasteiger partial charge on any atom is 0.143 e. The van der Waals surface area contributed by atoms with E-state index in [9.17, 15) is 0 Å². The maximum atomic E-state index is 7.15. The molecule has 1 aliphatic carbocycles. The van der Waals surface area contributed by atoms with E-state index in [-0.39, 0.29) is 5.41 Å². The van der Waals surface area contributed by atoms with Crippen molar-refractivity contribution in [2.24, 2.45) is 0 Å². The predicted octanol–water partition coefficient (Wildman–Crippen LogP) is 16.2. The van der Waals surface area contributed by atoms with Crippen molar-refractivity contribution >= 4 is 81.3 Å². The molecule has 12 rings (SSSR count). The lowest BCUT2D eigenvalue weighted by atomic mass is 9.82. The zero-order chi connectivity index (χ0) is 38.5. The number of rotatable bonds is 5. The van der Waals surface area contributed by atoms with Crippen molar-refractivity contribution in [1.29, 1.82) is 0 Å². The van der Waals surface area contributed by atoms with Crippen LogP contribution in [0, 0.1) is 0 Å². The van der Waals surface area contributed by atoms with Crippen molar-refractivity contribution in [1.82, 2.24) is 0 Å². The van der Waals surface area contributed by atoms with Crippen LogP contribution in [-0.2, 0) is 5.41 Å². The molecule has 9 aromatic carbocycles. The number of fused-ring (bicyclic) bond motifs is 11. The second-order valence-electron chi connectivity index (χ2n) is 16.0. The van der Waals surface area contributed by atoms with Gasteiger partial charge in [0, 0.05) is 47.9 Å². The Balaban J connectivity index is 1.15. The van der Waals surface area contributed by atoms with E-state index in [1.54, 1.807) is 0 Å². The fourth-order valence-corrected chi connectivity index (χ4v) is 10.9. The van der Waals surface area contributed by atoms with E-state index in [2.05, 4.69) is 207 Å². The van der Waals surface area contributed by atoms with Crippen LogP contribution in [0.4, 0.5) is 17.1 Å².